The number of benzene rings is 9. The molecule has 9 aromatic carbocycles. The number of nitrogens with zero attached hydrogens (tertiary/aromatic N) is 6. The Kier molecular flexibility index (Phi) is 9.44. The molecule has 6 nitrogen and oxygen atoms in total. The molecular weight excluding hydrogens is 925 g/mol. The Labute approximate surface area is 441 Å². The molecule has 0 aliphatic heterocycles. The standard InChI is InChI=1S/C70H50N6/c1-69(2)54-28-16-12-24-46(54)48-34-38-60-62(64(48)69)50-26-14-18-30-57(50)75(60)45-33-36-56(71-5)52(41-45)53-40-44(68-73-66(42-20-8-6-9-21-42)72-67(74-68)43-22-10-7-11-23-43)32-37-59(53)76-58-31-19-15-27-51(58)63-61(76)39-35-49-47-25-13-17-29-55(47)70(3,4)65(49)63/h6-22,24-41,43H,23H2,1-4H3. The zero-order valence-corrected chi connectivity index (χ0v) is 42.7. The number of aromatic nitrogens is 5. The number of para-hydroxylation sites is 2. The minimum absolute atomic E-state index is 0.000244. The van der Waals surface area contributed by atoms with E-state index in [0.29, 0.717) is 17.3 Å². The van der Waals surface area contributed by atoms with E-state index in [-0.39, 0.29) is 16.7 Å². The molecule has 0 fully saturated rings. The molecule has 0 amide bonds. The molecule has 76 heavy (non-hydrogen) atoms. The second-order valence-corrected chi connectivity index (χ2v) is 21.7. The van der Waals surface area contributed by atoms with Crippen LogP contribution in [0.1, 0.15) is 68.1 Å². The molecule has 0 saturated heterocycles. The molecule has 0 saturated carbocycles. The van der Waals surface area contributed by atoms with E-state index >= 15 is 0 Å². The lowest BCUT2D eigenvalue weighted by Crippen LogP contribution is -2.15. The Balaban J connectivity index is 1.01. The van der Waals surface area contributed by atoms with Crippen molar-refractivity contribution < 1.29 is 0 Å². The predicted molar refractivity (Wildman–Crippen MR) is 312 cm³/mol. The van der Waals surface area contributed by atoms with Crippen LogP contribution in [0, 0.1) is 6.57 Å². The molecular formula is C70H50N6. The zero-order valence-electron chi connectivity index (χ0n) is 42.7. The van der Waals surface area contributed by atoms with Crippen molar-refractivity contribution in [1.29, 1.82) is 0 Å². The Morgan fingerprint density at radius 1 is 0.474 bits per heavy atom. The minimum atomic E-state index is -0.241. The summed E-state index contributed by atoms with van der Waals surface area (Å²) in [7, 11) is 0. The molecule has 3 heterocycles. The van der Waals surface area contributed by atoms with Crippen molar-refractivity contribution in [2.24, 2.45) is 0 Å². The number of rotatable bonds is 6. The summed E-state index contributed by atoms with van der Waals surface area (Å²) in [6.45, 7) is 18.3. The average molecular weight is 975 g/mol. The van der Waals surface area contributed by atoms with Crippen LogP contribution in [-0.4, -0.2) is 24.1 Å². The number of hydrogen-bond acceptors (Lipinski definition) is 3. The quantitative estimate of drug-likeness (QED) is 0.156. The van der Waals surface area contributed by atoms with E-state index in [9.17, 15) is 0 Å². The lowest BCUT2D eigenvalue weighted by molar-refractivity contribution is 0.666. The Morgan fingerprint density at radius 2 is 1.05 bits per heavy atom. The number of fused-ring (bicyclic) bond motifs is 14. The highest BCUT2D eigenvalue weighted by Gasteiger charge is 2.40. The molecule has 1 atom stereocenters. The van der Waals surface area contributed by atoms with Gasteiger partial charge in [0, 0.05) is 55.1 Å². The van der Waals surface area contributed by atoms with Crippen molar-refractivity contribution in [3.8, 4) is 67.5 Å². The molecule has 360 valence electrons. The molecule has 0 spiro atoms. The molecule has 15 rings (SSSR count). The summed E-state index contributed by atoms with van der Waals surface area (Å²) < 4.78 is 4.84. The molecule has 1 unspecified atom stereocenters. The summed E-state index contributed by atoms with van der Waals surface area (Å²) in [5.74, 6) is 1.93. The van der Waals surface area contributed by atoms with Gasteiger partial charge in [0.15, 0.2) is 17.3 Å². The van der Waals surface area contributed by atoms with Gasteiger partial charge in [0.25, 0.3) is 0 Å². The van der Waals surface area contributed by atoms with Gasteiger partial charge in [0.1, 0.15) is 5.82 Å². The third-order valence-corrected chi connectivity index (χ3v) is 16.8. The normalized spacial score (nSPS) is 15.5. The van der Waals surface area contributed by atoms with Crippen molar-refractivity contribution in [3.63, 3.8) is 0 Å². The fourth-order valence-corrected chi connectivity index (χ4v) is 13.4. The van der Waals surface area contributed by atoms with E-state index in [1.165, 1.54) is 66.1 Å². The van der Waals surface area contributed by atoms with Gasteiger partial charge in [0.2, 0.25) is 0 Å². The Bertz CT molecular complexity index is 4570. The maximum Gasteiger partial charge on any atom is 0.195 e. The SMILES string of the molecule is [C-]#[N+]c1ccc(-n2c3ccccc3c3c4c(ccc32)-c2ccccc2C4(C)C)cc1-c1cc(-c2nc(-c3ccccc3)nc(C3C=CC=CC3)n2)ccc1-n1c2ccccc2c2c3c(ccc21)-c1ccccc1C3(C)C. The first-order valence-electron chi connectivity index (χ1n) is 26.3. The van der Waals surface area contributed by atoms with Gasteiger partial charge in [0.05, 0.1) is 34.3 Å². The van der Waals surface area contributed by atoms with Gasteiger partial charge < -0.3 is 9.13 Å². The fourth-order valence-electron chi connectivity index (χ4n) is 13.4. The summed E-state index contributed by atoms with van der Waals surface area (Å²) in [5, 5.41) is 4.91. The highest BCUT2D eigenvalue weighted by atomic mass is 15.0. The van der Waals surface area contributed by atoms with Crippen LogP contribution in [0.15, 0.2) is 212 Å². The summed E-state index contributed by atoms with van der Waals surface area (Å²) in [6.07, 6.45) is 9.32. The molecule has 6 heteroatoms. The largest absolute Gasteiger partial charge is 0.309 e. The number of allylic oxidation sites excluding steroid dienone is 4. The number of hydrogen-bond donors (Lipinski definition) is 0. The van der Waals surface area contributed by atoms with Crippen LogP contribution in [0.4, 0.5) is 5.69 Å². The van der Waals surface area contributed by atoms with E-state index in [2.05, 4.69) is 230 Å². The Hall–Kier alpha value is -9.44. The summed E-state index contributed by atoms with van der Waals surface area (Å²) >= 11 is 0. The summed E-state index contributed by atoms with van der Waals surface area (Å²) in [5.41, 5.74) is 20.5. The first-order chi connectivity index (χ1) is 37.2. The first kappa shape index (κ1) is 44.1. The topological polar surface area (TPSA) is 52.9 Å². The third-order valence-electron chi connectivity index (χ3n) is 16.8. The maximum absolute atomic E-state index is 8.88. The van der Waals surface area contributed by atoms with Gasteiger partial charge >= 0.3 is 0 Å². The minimum Gasteiger partial charge on any atom is -0.309 e. The highest BCUT2D eigenvalue weighted by Crippen LogP contribution is 2.55. The fraction of sp³-hybridized carbons (Fsp3) is 0.114. The monoisotopic (exact) mass is 974 g/mol. The Morgan fingerprint density at radius 3 is 1.68 bits per heavy atom. The van der Waals surface area contributed by atoms with Crippen molar-refractivity contribution in [2.45, 2.75) is 50.9 Å². The predicted octanol–water partition coefficient (Wildman–Crippen LogP) is 17.8. The van der Waals surface area contributed by atoms with Gasteiger partial charge in [-0.2, -0.15) is 0 Å². The van der Waals surface area contributed by atoms with E-state index in [0.717, 1.165) is 67.9 Å². The average Bonchev–Trinajstić information content (AvgIpc) is 4.34. The van der Waals surface area contributed by atoms with Gasteiger partial charge in [-0.25, -0.2) is 19.8 Å². The van der Waals surface area contributed by atoms with Crippen molar-refractivity contribution in [1.82, 2.24) is 24.1 Å². The van der Waals surface area contributed by atoms with Crippen LogP contribution in [0.3, 0.4) is 0 Å². The van der Waals surface area contributed by atoms with Crippen molar-refractivity contribution >= 4 is 49.3 Å². The lowest BCUT2D eigenvalue weighted by Gasteiger charge is -2.23. The van der Waals surface area contributed by atoms with Crippen LogP contribution >= 0.6 is 0 Å². The smallest absolute Gasteiger partial charge is 0.195 e. The molecule has 0 bridgehead atoms. The molecule has 0 N–H and O–H groups in total. The summed E-state index contributed by atoms with van der Waals surface area (Å²) in [6, 6.07) is 67.8. The second-order valence-electron chi connectivity index (χ2n) is 21.7. The van der Waals surface area contributed by atoms with E-state index in [1.807, 2.05) is 24.3 Å². The molecule has 3 aromatic heterocycles. The van der Waals surface area contributed by atoms with Crippen LogP contribution in [0.5, 0.6) is 0 Å². The van der Waals surface area contributed by atoms with E-state index in [1.54, 1.807) is 0 Å². The molecule has 12 aromatic rings. The molecule has 3 aliphatic rings. The van der Waals surface area contributed by atoms with Crippen LogP contribution in [0.2, 0.25) is 0 Å². The lowest BCUT2D eigenvalue weighted by atomic mass is 9.80. The van der Waals surface area contributed by atoms with Crippen LogP contribution in [0.25, 0.3) is 116 Å². The second kappa shape index (κ2) is 16.3. The third kappa shape index (κ3) is 6.23. The van der Waals surface area contributed by atoms with Gasteiger partial charge in [-0.3, -0.25) is 0 Å². The zero-order chi connectivity index (χ0) is 51.0. The van der Waals surface area contributed by atoms with Gasteiger partial charge in [-0.05, 0) is 117 Å². The van der Waals surface area contributed by atoms with E-state index in [4.69, 9.17) is 21.5 Å². The molecule has 3 aliphatic carbocycles. The van der Waals surface area contributed by atoms with Crippen LogP contribution in [-0.2, 0) is 10.8 Å². The van der Waals surface area contributed by atoms with E-state index < -0.39 is 0 Å². The van der Waals surface area contributed by atoms with Gasteiger partial charge in [-0.15, -0.1) is 0 Å². The van der Waals surface area contributed by atoms with Crippen molar-refractivity contribution in [3.05, 3.63) is 252 Å². The van der Waals surface area contributed by atoms with Crippen molar-refractivity contribution in [2.75, 3.05) is 0 Å². The summed E-state index contributed by atoms with van der Waals surface area (Å²) in [4.78, 5) is 20.0. The van der Waals surface area contributed by atoms with Gasteiger partial charge in [-0.1, -0.05) is 185 Å². The first-order valence-corrected chi connectivity index (χ1v) is 26.3. The van der Waals surface area contributed by atoms with Crippen LogP contribution < -0.4 is 0 Å². The maximum atomic E-state index is 8.88. The highest BCUT2D eigenvalue weighted by molar-refractivity contribution is 6.16. The molecule has 0 radical (unpaired) electrons.